The number of nitrogens with one attached hydrogen (secondary N) is 2. The van der Waals surface area contributed by atoms with Crippen LogP contribution in [0.25, 0.3) is 0 Å². The Morgan fingerprint density at radius 2 is 2.27 bits per heavy atom. The van der Waals surface area contributed by atoms with Crippen LogP contribution >= 0.6 is 0 Å². The summed E-state index contributed by atoms with van der Waals surface area (Å²) in [4.78, 5) is 5.16. The molecule has 0 bridgehead atoms. The molecule has 0 radical (unpaired) electrons. The minimum Gasteiger partial charge on any atom is -0.367 e. The van der Waals surface area contributed by atoms with Crippen LogP contribution in [-0.4, -0.2) is 31.0 Å². The van der Waals surface area contributed by atoms with E-state index < -0.39 is 0 Å². The van der Waals surface area contributed by atoms with Gasteiger partial charge >= 0.3 is 0 Å². The molecular weight excluding hydrogens is 138 g/mol. The van der Waals surface area contributed by atoms with Crippen LogP contribution in [0.5, 0.6) is 0 Å². The van der Waals surface area contributed by atoms with E-state index in [2.05, 4.69) is 21.3 Å². The minimum absolute atomic E-state index is 0.307. The van der Waals surface area contributed by atoms with E-state index in [9.17, 15) is 0 Å². The van der Waals surface area contributed by atoms with Crippen molar-refractivity contribution >= 4 is 0 Å². The van der Waals surface area contributed by atoms with Crippen LogP contribution < -0.4 is 5.32 Å². The second-order valence-corrected chi connectivity index (χ2v) is 2.80. The zero-order valence-electron chi connectivity index (χ0n) is 7.26. The summed E-state index contributed by atoms with van der Waals surface area (Å²) >= 11 is 0. The van der Waals surface area contributed by atoms with E-state index in [1.54, 1.807) is 0 Å². The van der Waals surface area contributed by atoms with Crippen molar-refractivity contribution < 1.29 is 0 Å². The molecule has 11 heavy (non-hydrogen) atoms. The number of nitrogens with zero attached hydrogens (tertiary/aromatic N) is 1. The van der Waals surface area contributed by atoms with Gasteiger partial charge in [-0.2, -0.15) is 0 Å². The van der Waals surface area contributed by atoms with Gasteiger partial charge in [-0.25, -0.2) is 0 Å². The Morgan fingerprint density at radius 3 is 2.64 bits per heavy atom. The van der Waals surface area contributed by atoms with Crippen molar-refractivity contribution in [1.82, 2.24) is 15.2 Å². The lowest BCUT2D eigenvalue weighted by Crippen LogP contribution is -2.30. The summed E-state index contributed by atoms with van der Waals surface area (Å²) in [5.41, 5.74) is 1.26. The normalized spacial score (nSPS) is 13.8. The Kier molecular flexibility index (Phi) is 2.68. The molecule has 0 aliphatic heterocycles. The summed E-state index contributed by atoms with van der Waals surface area (Å²) in [6.45, 7) is 0. The number of aromatic nitrogens is 1. The molecule has 0 aliphatic rings. The molecule has 1 aromatic rings. The van der Waals surface area contributed by atoms with Crippen molar-refractivity contribution in [2.45, 2.75) is 6.17 Å². The zero-order valence-corrected chi connectivity index (χ0v) is 7.26. The van der Waals surface area contributed by atoms with Crippen molar-refractivity contribution in [3.63, 3.8) is 0 Å². The molecule has 2 N–H and O–H groups in total. The van der Waals surface area contributed by atoms with E-state index in [1.807, 2.05) is 33.5 Å². The first-order chi connectivity index (χ1) is 5.25. The fourth-order valence-electron chi connectivity index (χ4n) is 1.23. The van der Waals surface area contributed by atoms with Gasteiger partial charge in [-0.15, -0.1) is 0 Å². The average molecular weight is 153 g/mol. The van der Waals surface area contributed by atoms with E-state index in [0.717, 1.165) is 0 Å². The molecule has 0 saturated heterocycles. The molecule has 0 aromatic carbocycles. The van der Waals surface area contributed by atoms with Gasteiger partial charge in [0.1, 0.15) is 0 Å². The van der Waals surface area contributed by atoms with Gasteiger partial charge in [0.25, 0.3) is 0 Å². The molecular formula is C8H15N3. The van der Waals surface area contributed by atoms with Gasteiger partial charge in [0.05, 0.1) is 6.17 Å². The molecule has 0 fully saturated rings. The third-order valence-electron chi connectivity index (χ3n) is 1.73. The molecule has 0 amide bonds. The van der Waals surface area contributed by atoms with E-state index in [1.165, 1.54) is 5.56 Å². The van der Waals surface area contributed by atoms with Gasteiger partial charge < -0.3 is 10.3 Å². The van der Waals surface area contributed by atoms with Crippen LogP contribution in [0.1, 0.15) is 11.7 Å². The largest absolute Gasteiger partial charge is 0.367 e. The van der Waals surface area contributed by atoms with E-state index in [-0.39, 0.29) is 0 Å². The molecule has 1 heterocycles. The van der Waals surface area contributed by atoms with E-state index >= 15 is 0 Å². The second-order valence-electron chi connectivity index (χ2n) is 2.80. The maximum atomic E-state index is 3.21. The van der Waals surface area contributed by atoms with Crippen molar-refractivity contribution in [2.75, 3.05) is 21.1 Å². The molecule has 1 aromatic heterocycles. The fraction of sp³-hybridized carbons (Fsp3) is 0.500. The highest BCUT2D eigenvalue weighted by atomic mass is 15.2. The van der Waals surface area contributed by atoms with Crippen LogP contribution in [0, 0.1) is 0 Å². The highest BCUT2D eigenvalue weighted by molar-refractivity contribution is 5.12. The highest BCUT2D eigenvalue weighted by Gasteiger charge is 2.10. The molecule has 0 saturated carbocycles. The molecule has 62 valence electrons. The molecule has 3 nitrogen and oxygen atoms in total. The fourth-order valence-corrected chi connectivity index (χ4v) is 1.23. The Labute approximate surface area is 67.4 Å². The Bertz CT molecular complexity index is 191. The quantitative estimate of drug-likeness (QED) is 0.629. The van der Waals surface area contributed by atoms with Gasteiger partial charge in [-0.1, -0.05) is 0 Å². The molecule has 0 aliphatic carbocycles. The lowest BCUT2D eigenvalue weighted by molar-refractivity contribution is 0.265. The van der Waals surface area contributed by atoms with Crippen molar-refractivity contribution in [2.24, 2.45) is 0 Å². The lowest BCUT2D eigenvalue weighted by atomic mass is 10.2. The van der Waals surface area contributed by atoms with Gasteiger partial charge in [-0.05, 0) is 27.2 Å². The number of hydrogen-bond donors (Lipinski definition) is 2. The maximum absolute atomic E-state index is 3.21. The van der Waals surface area contributed by atoms with Gasteiger partial charge in [0.2, 0.25) is 0 Å². The van der Waals surface area contributed by atoms with Crippen LogP contribution in [-0.2, 0) is 0 Å². The van der Waals surface area contributed by atoms with Crippen LogP contribution in [0.3, 0.4) is 0 Å². The summed E-state index contributed by atoms with van der Waals surface area (Å²) in [6, 6.07) is 2.07. The molecule has 1 unspecified atom stereocenters. The summed E-state index contributed by atoms with van der Waals surface area (Å²) in [7, 11) is 6.06. The standard InChI is InChI=1S/C8H15N3/c1-9-8(11(2)3)7-4-5-10-6-7/h4-6,8-10H,1-3H3. The van der Waals surface area contributed by atoms with E-state index in [4.69, 9.17) is 0 Å². The molecule has 3 heteroatoms. The summed E-state index contributed by atoms with van der Waals surface area (Å²) < 4.78 is 0. The smallest absolute Gasteiger partial charge is 0.0868 e. The number of hydrogen-bond acceptors (Lipinski definition) is 2. The zero-order chi connectivity index (χ0) is 8.27. The Morgan fingerprint density at radius 1 is 1.55 bits per heavy atom. The molecule has 0 spiro atoms. The van der Waals surface area contributed by atoms with Crippen molar-refractivity contribution in [3.8, 4) is 0 Å². The third-order valence-corrected chi connectivity index (χ3v) is 1.73. The number of aromatic amines is 1. The Hall–Kier alpha value is -0.800. The van der Waals surface area contributed by atoms with Crippen LogP contribution in [0.2, 0.25) is 0 Å². The first-order valence-electron chi connectivity index (χ1n) is 3.72. The first kappa shape index (κ1) is 8.30. The van der Waals surface area contributed by atoms with Crippen LogP contribution in [0.4, 0.5) is 0 Å². The minimum atomic E-state index is 0.307. The van der Waals surface area contributed by atoms with Gasteiger partial charge in [0.15, 0.2) is 0 Å². The first-order valence-corrected chi connectivity index (χ1v) is 3.72. The predicted octanol–water partition coefficient (Wildman–Crippen LogP) is 0.794. The highest BCUT2D eigenvalue weighted by Crippen LogP contribution is 2.12. The molecule has 1 rings (SSSR count). The topological polar surface area (TPSA) is 31.1 Å². The number of rotatable bonds is 3. The summed E-state index contributed by atoms with van der Waals surface area (Å²) in [5.74, 6) is 0. The number of H-pyrrole nitrogens is 1. The van der Waals surface area contributed by atoms with Crippen molar-refractivity contribution in [3.05, 3.63) is 24.0 Å². The third kappa shape index (κ3) is 1.82. The lowest BCUT2D eigenvalue weighted by Gasteiger charge is -2.22. The van der Waals surface area contributed by atoms with Gasteiger partial charge in [0, 0.05) is 18.0 Å². The van der Waals surface area contributed by atoms with Crippen molar-refractivity contribution in [1.29, 1.82) is 0 Å². The monoisotopic (exact) mass is 153 g/mol. The predicted molar refractivity (Wildman–Crippen MR) is 46.3 cm³/mol. The average Bonchev–Trinajstić information content (AvgIpc) is 2.40. The SMILES string of the molecule is CNC(c1cc[nH]c1)N(C)C. The second kappa shape index (κ2) is 3.55. The maximum Gasteiger partial charge on any atom is 0.0868 e. The van der Waals surface area contributed by atoms with Crippen LogP contribution in [0.15, 0.2) is 18.5 Å². The summed E-state index contributed by atoms with van der Waals surface area (Å²) in [5, 5.41) is 3.21. The van der Waals surface area contributed by atoms with E-state index in [0.29, 0.717) is 6.17 Å². The molecule has 1 atom stereocenters. The summed E-state index contributed by atoms with van der Waals surface area (Å²) in [6.07, 6.45) is 4.24. The Balaban J connectivity index is 2.71. The van der Waals surface area contributed by atoms with Gasteiger partial charge in [-0.3, -0.25) is 4.90 Å².